The molecular formula is C23H28N2O5S. The van der Waals surface area contributed by atoms with Gasteiger partial charge in [-0.2, -0.15) is 0 Å². The molecule has 0 spiro atoms. The number of amides is 1. The molecule has 0 unspecified atom stereocenters. The number of rotatable bonds is 8. The van der Waals surface area contributed by atoms with Gasteiger partial charge < -0.3 is 10.4 Å². The molecule has 1 fully saturated rings. The van der Waals surface area contributed by atoms with Gasteiger partial charge in [0.25, 0.3) is 0 Å². The van der Waals surface area contributed by atoms with Crippen LogP contribution in [0.15, 0.2) is 42.5 Å². The van der Waals surface area contributed by atoms with Gasteiger partial charge in [0.2, 0.25) is 15.9 Å². The zero-order valence-corrected chi connectivity index (χ0v) is 18.6. The fourth-order valence-electron chi connectivity index (χ4n) is 3.59. The van der Waals surface area contributed by atoms with Gasteiger partial charge in [-0.1, -0.05) is 38.1 Å². The van der Waals surface area contributed by atoms with Crippen molar-refractivity contribution in [3.8, 4) is 5.75 Å². The number of carbonyl (C=O) groups is 2. The SMILES string of the molecule is CC(C)Cc1ccc(C(=O)CCC(=O)Nc2cc(N3CCCS3(=O)=O)ccc2O)cc1. The van der Waals surface area contributed by atoms with Crippen molar-refractivity contribution in [3.63, 3.8) is 0 Å². The molecule has 1 saturated heterocycles. The highest BCUT2D eigenvalue weighted by atomic mass is 32.2. The van der Waals surface area contributed by atoms with E-state index in [-0.39, 0.29) is 35.8 Å². The fourth-order valence-corrected chi connectivity index (χ4v) is 5.15. The van der Waals surface area contributed by atoms with E-state index in [1.165, 1.54) is 28.1 Å². The first-order valence-electron chi connectivity index (χ1n) is 10.4. The zero-order valence-electron chi connectivity index (χ0n) is 17.8. The van der Waals surface area contributed by atoms with Crippen molar-refractivity contribution in [1.29, 1.82) is 0 Å². The topological polar surface area (TPSA) is 104 Å². The highest BCUT2D eigenvalue weighted by Crippen LogP contribution is 2.32. The van der Waals surface area contributed by atoms with E-state index >= 15 is 0 Å². The molecule has 2 N–H and O–H groups in total. The van der Waals surface area contributed by atoms with E-state index in [0.29, 0.717) is 30.1 Å². The Hall–Kier alpha value is -2.87. The Morgan fingerprint density at radius 3 is 2.42 bits per heavy atom. The summed E-state index contributed by atoms with van der Waals surface area (Å²) < 4.78 is 25.5. The molecule has 0 aliphatic carbocycles. The van der Waals surface area contributed by atoms with Crippen molar-refractivity contribution < 1.29 is 23.1 Å². The molecule has 166 valence electrons. The number of hydrogen-bond donors (Lipinski definition) is 2. The van der Waals surface area contributed by atoms with E-state index < -0.39 is 15.9 Å². The summed E-state index contributed by atoms with van der Waals surface area (Å²) >= 11 is 0. The number of carbonyl (C=O) groups excluding carboxylic acids is 2. The van der Waals surface area contributed by atoms with Crippen molar-refractivity contribution in [2.24, 2.45) is 5.92 Å². The van der Waals surface area contributed by atoms with Gasteiger partial charge in [0.05, 0.1) is 17.1 Å². The number of ketones is 1. The highest BCUT2D eigenvalue weighted by molar-refractivity contribution is 7.93. The fraction of sp³-hybridized carbons (Fsp3) is 0.391. The van der Waals surface area contributed by atoms with Gasteiger partial charge in [-0.05, 0) is 42.5 Å². The number of nitrogens with zero attached hydrogens (tertiary/aromatic N) is 1. The first-order chi connectivity index (χ1) is 14.7. The summed E-state index contributed by atoms with van der Waals surface area (Å²) in [6.07, 6.45) is 1.47. The predicted octanol–water partition coefficient (Wildman–Crippen LogP) is 3.73. The Balaban J connectivity index is 1.59. The Morgan fingerprint density at radius 2 is 1.81 bits per heavy atom. The van der Waals surface area contributed by atoms with Gasteiger partial charge in [-0.15, -0.1) is 0 Å². The van der Waals surface area contributed by atoms with E-state index in [1.54, 1.807) is 12.1 Å². The first-order valence-corrected chi connectivity index (χ1v) is 12.0. The van der Waals surface area contributed by atoms with Crippen LogP contribution in [0.3, 0.4) is 0 Å². The lowest BCUT2D eigenvalue weighted by atomic mass is 9.99. The molecule has 0 bridgehead atoms. The number of hydrogen-bond acceptors (Lipinski definition) is 5. The average Bonchev–Trinajstić information content (AvgIpc) is 3.07. The van der Waals surface area contributed by atoms with Crippen molar-refractivity contribution in [2.75, 3.05) is 21.9 Å². The van der Waals surface area contributed by atoms with Crippen molar-refractivity contribution in [2.45, 2.75) is 39.5 Å². The molecule has 0 atom stereocenters. The minimum absolute atomic E-state index is 0.0380. The minimum Gasteiger partial charge on any atom is -0.506 e. The van der Waals surface area contributed by atoms with Crippen molar-refractivity contribution in [1.82, 2.24) is 0 Å². The molecule has 2 aromatic carbocycles. The molecule has 1 heterocycles. The minimum atomic E-state index is -3.37. The van der Waals surface area contributed by atoms with Crippen LogP contribution in [0, 0.1) is 5.92 Å². The summed E-state index contributed by atoms with van der Waals surface area (Å²) in [7, 11) is -3.37. The zero-order chi connectivity index (χ0) is 22.6. The number of nitrogens with one attached hydrogen (secondary N) is 1. The summed E-state index contributed by atoms with van der Waals surface area (Å²) in [6, 6.07) is 11.7. The maximum Gasteiger partial charge on any atom is 0.235 e. The number of Topliss-reactive ketones (excluding diaryl/α,β-unsaturated/α-hetero) is 1. The summed E-state index contributed by atoms with van der Waals surface area (Å²) in [4.78, 5) is 24.7. The van der Waals surface area contributed by atoms with Gasteiger partial charge in [-0.3, -0.25) is 13.9 Å². The van der Waals surface area contributed by atoms with E-state index in [9.17, 15) is 23.1 Å². The maximum absolute atomic E-state index is 12.4. The maximum atomic E-state index is 12.4. The standard InChI is InChI=1S/C23H28N2O5S/c1-16(2)14-17-4-6-18(7-5-17)21(26)10-11-23(28)24-20-15-19(8-9-22(20)27)25-12-3-13-31(25,29)30/h4-9,15-16,27H,3,10-14H2,1-2H3,(H,24,28). The number of sulfonamides is 1. The van der Waals surface area contributed by atoms with Crippen LogP contribution in [-0.2, 0) is 21.2 Å². The van der Waals surface area contributed by atoms with Crippen LogP contribution in [0.4, 0.5) is 11.4 Å². The van der Waals surface area contributed by atoms with Crippen LogP contribution in [0.2, 0.25) is 0 Å². The summed E-state index contributed by atoms with van der Waals surface area (Å²) in [5.41, 5.74) is 2.24. The second-order valence-electron chi connectivity index (χ2n) is 8.21. The molecule has 2 aromatic rings. The third-order valence-electron chi connectivity index (χ3n) is 5.14. The number of benzene rings is 2. The second kappa shape index (κ2) is 9.51. The van der Waals surface area contributed by atoms with Crippen LogP contribution in [-0.4, -0.2) is 37.5 Å². The van der Waals surface area contributed by atoms with Crippen LogP contribution >= 0.6 is 0 Å². The molecular weight excluding hydrogens is 416 g/mol. The van der Waals surface area contributed by atoms with Crippen LogP contribution in [0.5, 0.6) is 5.75 Å². The third kappa shape index (κ3) is 5.85. The van der Waals surface area contributed by atoms with Gasteiger partial charge in [-0.25, -0.2) is 8.42 Å². The van der Waals surface area contributed by atoms with Crippen LogP contribution in [0.1, 0.15) is 49.0 Å². The largest absolute Gasteiger partial charge is 0.506 e. The van der Waals surface area contributed by atoms with Crippen LogP contribution in [0.25, 0.3) is 0 Å². The lowest BCUT2D eigenvalue weighted by Crippen LogP contribution is -2.25. The number of anilines is 2. The van der Waals surface area contributed by atoms with Gasteiger partial charge in [0.1, 0.15) is 5.75 Å². The molecule has 1 aliphatic rings. The third-order valence-corrected chi connectivity index (χ3v) is 7.01. The highest BCUT2D eigenvalue weighted by Gasteiger charge is 2.29. The molecule has 0 radical (unpaired) electrons. The smallest absolute Gasteiger partial charge is 0.235 e. The lowest BCUT2D eigenvalue weighted by molar-refractivity contribution is -0.116. The summed E-state index contributed by atoms with van der Waals surface area (Å²) in [5, 5.41) is 12.6. The normalized spacial score (nSPS) is 15.3. The average molecular weight is 445 g/mol. The van der Waals surface area contributed by atoms with Crippen molar-refractivity contribution >= 4 is 33.1 Å². The van der Waals surface area contributed by atoms with E-state index in [4.69, 9.17) is 0 Å². The van der Waals surface area contributed by atoms with Gasteiger partial charge >= 0.3 is 0 Å². The first kappa shape index (κ1) is 22.8. The molecule has 3 rings (SSSR count). The lowest BCUT2D eigenvalue weighted by Gasteiger charge is -2.18. The summed E-state index contributed by atoms with van der Waals surface area (Å²) in [5.74, 6) is -0.115. The van der Waals surface area contributed by atoms with E-state index in [0.717, 1.165) is 6.42 Å². The van der Waals surface area contributed by atoms with Gasteiger partial charge in [0.15, 0.2) is 5.78 Å². The molecule has 1 aliphatic heterocycles. The van der Waals surface area contributed by atoms with Gasteiger partial charge in [0, 0.05) is 24.9 Å². The molecule has 0 saturated carbocycles. The number of phenols is 1. The molecule has 1 amide bonds. The molecule has 31 heavy (non-hydrogen) atoms. The van der Waals surface area contributed by atoms with E-state index in [2.05, 4.69) is 19.2 Å². The monoisotopic (exact) mass is 444 g/mol. The van der Waals surface area contributed by atoms with E-state index in [1.807, 2.05) is 12.1 Å². The number of aromatic hydroxyl groups is 1. The summed E-state index contributed by atoms with van der Waals surface area (Å²) in [6.45, 7) is 4.63. The molecule has 0 aromatic heterocycles. The van der Waals surface area contributed by atoms with Crippen LogP contribution < -0.4 is 9.62 Å². The Bertz CT molecular complexity index is 1060. The Kier molecular flexibility index (Phi) is 7.00. The number of phenolic OH excluding ortho intramolecular Hbond substituents is 1. The Morgan fingerprint density at radius 1 is 1.10 bits per heavy atom. The second-order valence-corrected chi connectivity index (χ2v) is 10.2. The Labute approximate surface area is 183 Å². The predicted molar refractivity (Wildman–Crippen MR) is 121 cm³/mol. The van der Waals surface area contributed by atoms with Crippen molar-refractivity contribution in [3.05, 3.63) is 53.6 Å². The quantitative estimate of drug-likeness (QED) is 0.477. The molecule has 7 nitrogen and oxygen atoms in total. The molecule has 8 heteroatoms.